The Hall–Kier alpha value is -3.33. The summed E-state index contributed by atoms with van der Waals surface area (Å²) in [4.78, 5) is 25.2. The molecule has 1 amide bonds. The van der Waals surface area contributed by atoms with E-state index in [0.717, 1.165) is 22.5 Å². The first-order valence-electron chi connectivity index (χ1n) is 11.8. The second kappa shape index (κ2) is 9.85. The highest BCUT2D eigenvalue weighted by Gasteiger charge is 2.45. The van der Waals surface area contributed by atoms with Gasteiger partial charge in [-0.1, -0.05) is 41.4 Å². The maximum absolute atomic E-state index is 14.1. The number of benzene rings is 2. The number of imidazole rings is 1. The quantitative estimate of drug-likeness (QED) is 0.431. The molecule has 3 aromatic rings. The number of nitrogens with one attached hydrogen (secondary N) is 1. The van der Waals surface area contributed by atoms with Crippen molar-refractivity contribution in [2.45, 2.75) is 39.2 Å². The number of allylic oxidation sites excluding steroid dienone is 1. The van der Waals surface area contributed by atoms with Gasteiger partial charge in [0.2, 0.25) is 12.2 Å². The zero-order chi connectivity index (χ0) is 26.4. The van der Waals surface area contributed by atoms with Gasteiger partial charge in [-0.25, -0.2) is 9.98 Å². The van der Waals surface area contributed by atoms with Crippen LogP contribution in [0.3, 0.4) is 0 Å². The van der Waals surface area contributed by atoms with Crippen LogP contribution in [0.25, 0.3) is 5.57 Å². The summed E-state index contributed by atoms with van der Waals surface area (Å²) < 4.78 is 13.0. The average molecular weight is 540 g/mol. The molecule has 37 heavy (non-hydrogen) atoms. The molecule has 1 aromatic heterocycles. The molecular formula is C27H27Cl2N5O3. The van der Waals surface area contributed by atoms with Gasteiger partial charge >= 0.3 is 0 Å². The Morgan fingerprint density at radius 1 is 1.05 bits per heavy atom. The van der Waals surface area contributed by atoms with Crippen molar-refractivity contribution in [2.24, 2.45) is 4.99 Å². The molecule has 8 nitrogen and oxygen atoms in total. The first-order valence-corrected chi connectivity index (χ1v) is 12.6. The van der Waals surface area contributed by atoms with Gasteiger partial charge in [-0.3, -0.25) is 9.69 Å². The van der Waals surface area contributed by atoms with Crippen molar-refractivity contribution < 1.29 is 14.3 Å². The smallest absolute Gasteiger partial charge is 0.279 e. The average Bonchev–Trinajstić information content (AvgIpc) is 3.40. The molecule has 0 aliphatic carbocycles. The highest BCUT2D eigenvalue weighted by atomic mass is 35.5. The Balaban J connectivity index is 1.76. The van der Waals surface area contributed by atoms with Gasteiger partial charge in [-0.2, -0.15) is 0 Å². The second-order valence-electron chi connectivity index (χ2n) is 9.15. The van der Waals surface area contributed by atoms with E-state index in [1.54, 1.807) is 25.3 Å². The maximum Gasteiger partial charge on any atom is 0.279 e. The number of carbonyl (C=O) groups is 1. The minimum atomic E-state index is -0.572. The minimum absolute atomic E-state index is 0.0339. The number of nitrogens with zero attached hydrogens (tertiary/aromatic N) is 4. The number of aromatic nitrogens is 2. The number of hydrogen-bond acceptors (Lipinski definition) is 6. The molecule has 2 atom stereocenters. The SMILES string of the molecule is COC1=C(c2nc3c(n2C(C)C)C(c2ccc(Cl)cc2)N(c2cc(Cl)ccc2C)C3=O)C=NC(OC)N1. The van der Waals surface area contributed by atoms with E-state index < -0.39 is 12.4 Å². The van der Waals surface area contributed by atoms with Crippen molar-refractivity contribution in [1.29, 1.82) is 0 Å². The number of halogens is 2. The molecule has 2 aromatic carbocycles. The lowest BCUT2D eigenvalue weighted by atomic mass is 10.0. The number of fused-ring (bicyclic) bond motifs is 1. The molecule has 3 heterocycles. The van der Waals surface area contributed by atoms with E-state index in [-0.39, 0.29) is 11.9 Å². The summed E-state index contributed by atoms with van der Waals surface area (Å²) in [6.07, 6.45) is 1.10. The fraction of sp³-hybridized carbons (Fsp3) is 0.296. The molecule has 0 saturated carbocycles. The molecule has 2 aliphatic rings. The minimum Gasteiger partial charge on any atom is -0.482 e. The summed E-state index contributed by atoms with van der Waals surface area (Å²) in [7, 11) is 3.12. The number of rotatable bonds is 6. The van der Waals surface area contributed by atoms with E-state index in [2.05, 4.69) is 28.7 Å². The Morgan fingerprint density at radius 3 is 2.41 bits per heavy atom. The number of hydrogen-bond donors (Lipinski definition) is 1. The lowest BCUT2D eigenvalue weighted by Gasteiger charge is -2.30. The molecule has 5 rings (SSSR count). The van der Waals surface area contributed by atoms with Crippen LogP contribution in [-0.4, -0.2) is 42.2 Å². The van der Waals surface area contributed by atoms with Crippen molar-refractivity contribution in [1.82, 2.24) is 14.9 Å². The van der Waals surface area contributed by atoms with E-state index in [0.29, 0.717) is 33.0 Å². The van der Waals surface area contributed by atoms with E-state index >= 15 is 0 Å². The van der Waals surface area contributed by atoms with Gasteiger partial charge in [-0.05, 0) is 56.2 Å². The molecule has 2 unspecified atom stereocenters. The van der Waals surface area contributed by atoms with Crippen LogP contribution in [0, 0.1) is 6.92 Å². The number of ether oxygens (including phenoxy) is 2. The Bertz CT molecular complexity index is 1430. The predicted molar refractivity (Wildman–Crippen MR) is 145 cm³/mol. The van der Waals surface area contributed by atoms with Gasteiger partial charge < -0.3 is 19.4 Å². The van der Waals surface area contributed by atoms with E-state index in [4.69, 9.17) is 37.7 Å². The van der Waals surface area contributed by atoms with Crippen LogP contribution in [0.1, 0.15) is 59.1 Å². The van der Waals surface area contributed by atoms with Crippen LogP contribution in [0.15, 0.2) is 53.3 Å². The second-order valence-corrected chi connectivity index (χ2v) is 10.0. The van der Waals surface area contributed by atoms with Crippen LogP contribution < -0.4 is 10.2 Å². The van der Waals surface area contributed by atoms with Gasteiger partial charge in [0, 0.05) is 35.1 Å². The lowest BCUT2D eigenvalue weighted by molar-refractivity contribution is 0.0704. The summed E-state index contributed by atoms with van der Waals surface area (Å²) in [6, 6.07) is 12.6. The molecular weight excluding hydrogens is 513 g/mol. The third kappa shape index (κ3) is 4.29. The standard InChI is InChI=1S/C27H27Cl2N5O3/c1-14(2)33-23-21(31-24(33)19-13-30-27(37-5)32-25(19)36-4)26(35)34(20-12-18(29)9-6-15(20)3)22(23)16-7-10-17(28)11-8-16/h6-14,22,27,32H,1-5H3. The predicted octanol–water partition coefficient (Wildman–Crippen LogP) is 5.75. The van der Waals surface area contributed by atoms with Crippen LogP contribution >= 0.6 is 23.2 Å². The molecule has 0 saturated heterocycles. The van der Waals surface area contributed by atoms with E-state index in [1.807, 2.05) is 49.4 Å². The van der Waals surface area contributed by atoms with Crippen molar-refractivity contribution in [3.05, 3.63) is 86.7 Å². The van der Waals surface area contributed by atoms with Crippen LogP contribution in [0.2, 0.25) is 10.0 Å². The summed E-state index contributed by atoms with van der Waals surface area (Å²) in [5.41, 5.74) is 4.34. The molecule has 192 valence electrons. The fourth-order valence-corrected chi connectivity index (χ4v) is 5.14. The Morgan fingerprint density at radius 2 is 1.76 bits per heavy atom. The van der Waals surface area contributed by atoms with E-state index in [9.17, 15) is 4.79 Å². The van der Waals surface area contributed by atoms with Crippen molar-refractivity contribution in [3.63, 3.8) is 0 Å². The largest absolute Gasteiger partial charge is 0.482 e. The molecule has 0 radical (unpaired) electrons. The highest BCUT2D eigenvalue weighted by molar-refractivity contribution is 6.31. The first kappa shape index (κ1) is 25.3. The molecule has 0 spiro atoms. The topological polar surface area (TPSA) is 81.0 Å². The Labute approximate surface area is 225 Å². The summed E-state index contributed by atoms with van der Waals surface area (Å²) >= 11 is 12.6. The fourth-order valence-electron chi connectivity index (χ4n) is 4.85. The van der Waals surface area contributed by atoms with Gasteiger partial charge in [0.25, 0.3) is 5.91 Å². The molecule has 0 fully saturated rings. The summed E-state index contributed by atoms with van der Waals surface area (Å²) in [5, 5.41) is 4.26. The third-order valence-electron chi connectivity index (χ3n) is 6.53. The molecule has 0 bridgehead atoms. The van der Waals surface area contributed by atoms with Gasteiger partial charge in [0.1, 0.15) is 11.9 Å². The molecule has 2 aliphatic heterocycles. The molecule has 1 N–H and O–H groups in total. The lowest BCUT2D eigenvalue weighted by Crippen LogP contribution is -2.34. The normalized spacial score (nSPS) is 19.0. The number of anilines is 1. The zero-order valence-electron chi connectivity index (χ0n) is 21.1. The summed E-state index contributed by atoms with van der Waals surface area (Å²) in [6.45, 7) is 6.07. The van der Waals surface area contributed by atoms with Gasteiger partial charge in [-0.15, -0.1) is 0 Å². The van der Waals surface area contributed by atoms with Crippen molar-refractivity contribution in [2.75, 3.05) is 19.1 Å². The maximum atomic E-state index is 14.1. The number of methoxy groups -OCH3 is 2. The molecule has 10 heteroatoms. The third-order valence-corrected chi connectivity index (χ3v) is 7.01. The van der Waals surface area contributed by atoms with Crippen molar-refractivity contribution >= 4 is 46.6 Å². The number of amides is 1. The van der Waals surface area contributed by atoms with Crippen LogP contribution in [0.4, 0.5) is 5.69 Å². The first-order chi connectivity index (χ1) is 17.7. The Kier molecular flexibility index (Phi) is 6.74. The van der Waals surface area contributed by atoms with Crippen LogP contribution in [-0.2, 0) is 9.47 Å². The van der Waals surface area contributed by atoms with Gasteiger partial charge in [0.05, 0.1) is 18.4 Å². The number of aryl methyl sites for hydroxylation is 1. The van der Waals surface area contributed by atoms with E-state index in [1.165, 1.54) is 0 Å². The zero-order valence-corrected chi connectivity index (χ0v) is 22.6. The highest BCUT2D eigenvalue weighted by Crippen LogP contribution is 2.45. The number of aliphatic imine (C=N–C) groups is 1. The van der Waals surface area contributed by atoms with Crippen molar-refractivity contribution in [3.8, 4) is 0 Å². The van der Waals surface area contributed by atoms with Gasteiger partial charge in [0.15, 0.2) is 5.69 Å². The number of carbonyl (C=O) groups excluding carboxylic acids is 1. The monoisotopic (exact) mass is 539 g/mol. The van der Waals surface area contributed by atoms with Crippen LogP contribution in [0.5, 0.6) is 0 Å². The summed E-state index contributed by atoms with van der Waals surface area (Å²) in [5.74, 6) is 0.832.